The quantitative estimate of drug-likeness (QED) is 0.856. The van der Waals surface area contributed by atoms with Crippen LogP contribution in [0.5, 0.6) is 0 Å². The van der Waals surface area contributed by atoms with E-state index in [-0.39, 0.29) is 29.9 Å². The van der Waals surface area contributed by atoms with Gasteiger partial charge in [0.25, 0.3) is 0 Å². The molecule has 5 heteroatoms. The van der Waals surface area contributed by atoms with Crippen molar-refractivity contribution in [3.05, 3.63) is 35.6 Å². The molecule has 2 saturated carbocycles. The molecule has 0 radical (unpaired) electrons. The molecule has 25 heavy (non-hydrogen) atoms. The minimum absolute atomic E-state index is 0.0270. The van der Waals surface area contributed by atoms with Crippen molar-refractivity contribution < 1.29 is 14.3 Å². The molecule has 0 atom stereocenters. The fourth-order valence-corrected chi connectivity index (χ4v) is 4.22. The lowest BCUT2D eigenvalue weighted by Gasteiger charge is -2.43. The van der Waals surface area contributed by atoms with Crippen LogP contribution in [0.1, 0.15) is 50.5 Å². The number of halogens is 1. The number of aliphatic hydroxyl groups is 1. The summed E-state index contributed by atoms with van der Waals surface area (Å²) in [4.78, 5) is 14.4. The van der Waals surface area contributed by atoms with E-state index in [4.69, 9.17) is 0 Å². The van der Waals surface area contributed by atoms with Crippen LogP contribution < -0.4 is 5.32 Å². The van der Waals surface area contributed by atoms with Crippen molar-refractivity contribution in [2.24, 2.45) is 5.92 Å². The fourth-order valence-electron chi connectivity index (χ4n) is 4.22. The molecule has 0 aromatic heterocycles. The highest BCUT2D eigenvalue weighted by Crippen LogP contribution is 2.43. The maximum atomic E-state index is 13.2. The van der Waals surface area contributed by atoms with Crippen molar-refractivity contribution in [2.75, 3.05) is 20.2 Å². The van der Waals surface area contributed by atoms with Crippen molar-refractivity contribution >= 4 is 6.03 Å². The standard InChI is InChI=1S/C20H29FN2O2/c1-23(18-9-3-15(13-24)4-10-18)19(25)22-14-20(11-2-12-20)16-5-7-17(21)8-6-16/h5-8,15,18,24H,2-4,9-14H2,1H3,(H,22,25). The van der Waals surface area contributed by atoms with Gasteiger partial charge in [0.1, 0.15) is 5.82 Å². The van der Waals surface area contributed by atoms with Gasteiger partial charge in [-0.1, -0.05) is 18.6 Å². The average molecular weight is 348 g/mol. The first-order valence-electron chi connectivity index (χ1n) is 9.42. The molecular formula is C20H29FN2O2. The number of benzene rings is 1. The smallest absolute Gasteiger partial charge is 0.317 e. The maximum Gasteiger partial charge on any atom is 0.317 e. The molecule has 2 N–H and O–H groups in total. The SMILES string of the molecule is CN(C(=O)NCC1(c2ccc(F)cc2)CCC1)C1CCC(CO)CC1. The summed E-state index contributed by atoms with van der Waals surface area (Å²) in [6.45, 7) is 0.858. The van der Waals surface area contributed by atoms with E-state index in [1.165, 1.54) is 12.1 Å². The van der Waals surface area contributed by atoms with E-state index in [1.54, 1.807) is 0 Å². The topological polar surface area (TPSA) is 52.6 Å². The summed E-state index contributed by atoms with van der Waals surface area (Å²) in [5.41, 5.74) is 1.07. The second kappa shape index (κ2) is 7.73. The Morgan fingerprint density at radius 1 is 1.24 bits per heavy atom. The molecule has 2 amide bonds. The van der Waals surface area contributed by atoms with Gasteiger partial charge in [0.05, 0.1) is 0 Å². The number of rotatable bonds is 5. The van der Waals surface area contributed by atoms with Crippen LogP contribution in [-0.4, -0.2) is 42.3 Å². The van der Waals surface area contributed by atoms with Gasteiger partial charge in [-0.2, -0.15) is 0 Å². The van der Waals surface area contributed by atoms with Gasteiger partial charge < -0.3 is 15.3 Å². The number of aliphatic hydroxyl groups excluding tert-OH is 1. The highest BCUT2D eigenvalue weighted by molar-refractivity contribution is 5.74. The van der Waals surface area contributed by atoms with Crippen LogP contribution in [0.3, 0.4) is 0 Å². The molecule has 0 bridgehead atoms. The lowest BCUT2D eigenvalue weighted by atomic mass is 9.64. The molecule has 0 saturated heterocycles. The van der Waals surface area contributed by atoms with Crippen molar-refractivity contribution in [3.63, 3.8) is 0 Å². The molecule has 4 nitrogen and oxygen atoms in total. The molecular weight excluding hydrogens is 319 g/mol. The van der Waals surface area contributed by atoms with Crippen LogP contribution in [0, 0.1) is 11.7 Å². The number of amides is 2. The molecule has 2 aliphatic carbocycles. The molecule has 0 spiro atoms. The monoisotopic (exact) mass is 348 g/mol. The van der Waals surface area contributed by atoms with E-state index >= 15 is 0 Å². The number of hydrogen-bond donors (Lipinski definition) is 2. The molecule has 1 aromatic rings. The fraction of sp³-hybridized carbons (Fsp3) is 0.650. The molecule has 0 unspecified atom stereocenters. The van der Waals surface area contributed by atoms with Crippen molar-refractivity contribution in [1.82, 2.24) is 10.2 Å². The predicted molar refractivity (Wildman–Crippen MR) is 95.9 cm³/mol. The Balaban J connectivity index is 1.55. The van der Waals surface area contributed by atoms with Gasteiger partial charge in [-0.3, -0.25) is 0 Å². The molecule has 3 rings (SSSR count). The highest BCUT2D eigenvalue weighted by Gasteiger charge is 2.39. The van der Waals surface area contributed by atoms with Gasteiger partial charge in [-0.25, -0.2) is 9.18 Å². The number of urea groups is 1. The Bertz CT molecular complexity index is 578. The Hall–Kier alpha value is -1.62. The summed E-state index contributed by atoms with van der Waals surface area (Å²) in [6, 6.07) is 6.93. The summed E-state index contributed by atoms with van der Waals surface area (Å²) >= 11 is 0. The third-order valence-corrected chi connectivity index (χ3v) is 6.29. The highest BCUT2D eigenvalue weighted by atomic mass is 19.1. The minimum Gasteiger partial charge on any atom is -0.396 e. The van der Waals surface area contributed by atoms with Crippen molar-refractivity contribution in [2.45, 2.75) is 56.4 Å². The number of nitrogens with zero attached hydrogens (tertiary/aromatic N) is 1. The summed E-state index contributed by atoms with van der Waals surface area (Å²) in [5, 5.41) is 12.3. The molecule has 2 aliphatic rings. The molecule has 0 aliphatic heterocycles. The Labute approximate surface area is 149 Å². The van der Waals surface area contributed by atoms with Crippen LogP contribution >= 0.6 is 0 Å². The number of nitrogens with one attached hydrogen (secondary N) is 1. The maximum absolute atomic E-state index is 13.2. The number of carbonyl (C=O) groups is 1. The average Bonchev–Trinajstić information content (AvgIpc) is 2.61. The number of carbonyl (C=O) groups excluding carboxylic acids is 1. The second-order valence-corrected chi connectivity index (χ2v) is 7.77. The van der Waals surface area contributed by atoms with Crippen molar-refractivity contribution in [1.29, 1.82) is 0 Å². The predicted octanol–water partition coefficient (Wildman–Crippen LogP) is 3.44. The third-order valence-electron chi connectivity index (χ3n) is 6.29. The summed E-state index contributed by atoms with van der Waals surface area (Å²) in [5.74, 6) is 0.171. The first-order valence-corrected chi connectivity index (χ1v) is 9.42. The van der Waals surface area contributed by atoms with E-state index in [2.05, 4.69) is 5.32 Å². The van der Waals surface area contributed by atoms with Crippen LogP contribution in [0.4, 0.5) is 9.18 Å². The lowest BCUT2D eigenvalue weighted by Crippen LogP contribution is -2.51. The van der Waals surface area contributed by atoms with Crippen LogP contribution in [-0.2, 0) is 5.41 Å². The Morgan fingerprint density at radius 3 is 2.40 bits per heavy atom. The normalized spacial score (nSPS) is 25.1. The van der Waals surface area contributed by atoms with E-state index in [1.807, 2.05) is 24.1 Å². The van der Waals surface area contributed by atoms with Crippen LogP contribution in [0.15, 0.2) is 24.3 Å². The Kier molecular flexibility index (Phi) is 5.62. The van der Waals surface area contributed by atoms with Crippen molar-refractivity contribution in [3.8, 4) is 0 Å². The van der Waals surface area contributed by atoms with E-state index < -0.39 is 0 Å². The Morgan fingerprint density at radius 2 is 1.88 bits per heavy atom. The third kappa shape index (κ3) is 3.97. The summed E-state index contributed by atoms with van der Waals surface area (Å²) < 4.78 is 13.2. The molecule has 2 fully saturated rings. The first-order chi connectivity index (χ1) is 12.0. The minimum atomic E-state index is -0.222. The second-order valence-electron chi connectivity index (χ2n) is 7.77. The zero-order chi connectivity index (χ0) is 17.9. The van der Waals surface area contributed by atoms with E-state index in [9.17, 15) is 14.3 Å². The molecule has 1 aromatic carbocycles. The lowest BCUT2D eigenvalue weighted by molar-refractivity contribution is 0.131. The summed E-state index contributed by atoms with van der Waals surface area (Å²) in [6.07, 6.45) is 7.09. The van der Waals surface area contributed by atoms with E-state index in [0.29, 0.717) is 12.5 Å². The van der Waals surface area contributed by atoms with Gasteiger partial charge in [0, 0.05) is 31.7 Å². The van der Waals surface area contributed by atoms with Crippen LogP contribution in [0.25, 0.3) is 0 Å². The van der Waals surface area contributed by atoms with Gasteiger partial charge in [-0.15, -0.1) is 0 Å². The van der Waals surface area contributed by atoms with Crippen LogP contribution in [0.2, 0.25) is 0 Å². The van der Waals surface area contributed by atoms with Gasteiger partial charge in [-0.05, 0) is 62.1 Å². The first kappa shape index (κ1) is 18.2. The zero-order valence-electron chi connectivity index (χ0n) is 15.0. The molecule has 0 heterocycles. The van der Waals surface area contributed by atoms with E-state index in [0.717, 1.165) is 50.5 Å². The molecule has 138 valence electrons. The van der Waals surface area contributed by atoms with Gasteiger partial charge >= 0.3 is 6.03 Å². The number of hydrogen-bond acceptors (Lipinski definition) is 2. The summed E-state index contributed by atoms with van der Waals surface area (Å²) in [7, 11) is 1.87. The largest absolute Gasteiger partial charge is 0.396 e. The van der Waals surface area contributed by atoms with Gasteiger partial charge in [0.2, 0.25) is 0 Å². The zero-order valence-corrected chi connectivity index (χ0v) is 15.0. The van der Waals surface area contributed by atoms with Gasteiger partial charge in [0.15, 0.2) is 0 Å².